The SMILES string of the molecule is C=CC(OC)(OC)N1CCc2ccccc21. The molecule has 0 aliphatic carbocycles. The van der Waals surface area contributed by atoms with Gasteiger partial charge >= 0.3 is 0 Å². The van der Waals surface area contributed by atoms with E-state index in [2.05, 4.69) is 29.7 Å². The van der Waals surface area contributed by atoms with E-state index in [1.54, 1.807) is 20.3 Å². The number of para-hydroxylation sites is 1. The van der Waals surface area contributed by atoms with E-state index < -0.39 is 5.91 Å². The quantitative estimate of drug-likeness (QED) is 0.572. The summed E-state index contributed by atoms with van der Waals surface area (Å²) < 4.78 is 10.9. The Bertz CT molecular complexity index is 385. The van der Waals surface area contributed by atoms with Gasteiger partial charge < -0.3 is 14.4 Å². The monoisotopic (exact) mass is 219 g/mol. The van der Waals surface area contributed by atoms with Crippen molar-refractivity contribution in [1.29, 1.82) is 0 Å². The molecule has 0 radical (unpaired) electrons. The number of anilines is 1. The number of methoxy groups -OCH3 is 2. The van der Waals surface area contributed by atoms with Gasteiger partial charge in [-0.3, -0.25) is 0 Å². The predicted molar refractivity (Wildman–Crippen MR) is 64.4 cm³/mol. The maximum absolute atomic E-state index is 5.46. The summed E-state index contributed by atoms with van der Waals surface area (Å²) >= 11 is 0. The van der Waals surface area contributed by atoms with Crippen LogP contribution in [0, 0.1) is 0 Å². The van der Waals surface area contributed by atoms with Crippen molar-refractivity contribution in [3.63, 3.8) is 0 Å². The van der Waals surface area contributed by atoms with Gasteiger partial charge in [-0.15, -0.1) is 0 Å². The van der Waals surface area contributed by atoms with Gasteiger partial charge in [0.1, 0.15) is 0 Å². The lowest BCUT2D eigenvalue weighted by atomic mass is 10.2. The molecule has 0 spiro atoms. The molecule has 16 heavy (non-hydrogen) atoms. The number of benzene rings is 1. The highest BCUT2D eigenvalue weighted by atomic mass is 16.7. The minimum Gasteiger partial charge on any atom is -0.333 e. The zero-order valence-corrected chi connectivity index (χ0v) is 9.77. The lowest BCUT2D eigenvalue weighted by Gasteiger charge is -2.38. The highest BCUT2D eigenvalue weighted by Crippen LogP contribution is 2.34. The van der Waals surface area contributed by atoms with Gasteiger partial charge in [0.25, 0.3) is 5.91 Å². The third-order valence-corrected chi connectivity index (χ3v) is 3.11. The Kier molecular flexibility index (Phi) is 2.99. The van der Waals surface area contributed by atoms with Crippen molar-refractivity contribution in [3.05, 3.63) is 42.5 Å². The molecule has 1 aliphatic heterocycles. The summed E-state index contributed by atoms with van der Waals surface area (Å²) in [6.45, 7) is 4.68. The highest BCUT2D eigenvalue weighted by molar-refractivity contribution is 5.59. The summed E-state index contributed by atoms with van der Waals surface area (Å²) in [5, 5.41) is 0. The van der Waals surface area contributed by atoms with Crippen LogP contribution < -0.4 is 4.90 Å². The third-order valence-electron chi connectivity index (χ3n) is 3.11. The Hall–Kier alpha value is -1.32. The van der Waals surface area contributed by atoms with Crippen LogP contribution in [0.15, 0.2) is 36.9 Å². The van der Waals surface area contributed by atoms with Gasteiger partial charge in [-0.2, -0.15) is 0 Å². The molecule has 0 unspecified atom stereocenters. The summed E-state index contributed by atoms with van der Waals surface area (Å²) in [6, 6.07) is 8.29. The van der Waals surface area contributed by atoms with Gasteiger partial charge in [0, 0.05) is 26.5 Å². The molecule has 3 heteroatoms. The van der Waals surface area contributed by atoms with Crippen LogP contribution in [0.4, 0.5) is 5.69 Å². The van der Waals surface area contributed by atoms with E-state index in [1.165, 1.54) is 5.56 Å². The van der Waals surface area contributed by atoms with Crippen LogP contribution in [-0.4, -0.2) is 26.7 Å². The molecule has 1 heterocycles. The molecular formula is C13H17NO2. The normalized spacial score (nSPS) is 15.0. The number of nitrogens with zero attached hydrogens (tertiary/aromatic N) is 1. The summed E-state index contributed by atoms with van der Waals surface area (Å²) in [6.07, 6.45) is 2.70. The first-order valence-electron chi connectivity index (χ1n) is 5.37. The van der Waals surface area contributed by atoms with Gasteiger partial charge in [-0.05, 0) is 24.1 Å². The number of hydrogen-bond donors (Lipinski definition) is 0. The third kappa shape index (κ3) is 1.52. The smallest absolute Gasteiger partial charge is 0.272 e. The van der Waals surface area contributed by atoms with Crippen molar-refractivity contribution in [2.24, 2.45) is 0 Å². The Morgan fingerprint density at radius 3 is 2.62 bits per heavy atom. The van der Waals surface area contributed by atoms with Crippen molar-refractivity contribution >= 4 is 5.69 Å². The van der Waals surface area contributed by atoms with E-state index in [4.69, 9.17) is 9.47 Å². The van der Waals surface area contributed by atoms with Crippen LogP contribution >= 0.6 is 0 Å². The second kappa shape index (κ2) is 4.28. The summed E-state index contributed by atoms with van der Waals surface area (Å²) in [5.41, 5.74) is 2.48. The van der Waals surface area contributed by atoms with Crippen molar-refractivity contribution in [3.8, 4) is 0 Å². The van der Waals surface area contributed by atoms with Crippen molar-refractivity contribution in [1.82, 2.24) is 0 Å². The summed E-state index contributed by atoms with van der Waals surface area (Å²) in [4.78, 5) is 2.09. The molecular weight excluding hydrogens is 202 g/mol. The molecule has 0 bridgehead atoms. The van der Waals surface area contributed by atoms with Crippen LogP contribution in [0.5, 0.6) is 0 Å². The fourth-order valence-corrected chi connectivity index (χ4v) is 2.24. The van der Waals surface area contributed by atoms with E-state index in [1.807, 2.05) is 6.07 Å². The van der Waals surface area contributed by atoms with Crippen molar-refractivity contribution in [2.75, 3.05) is 25.7 Å². The van der Waals surface area contributed by atoms with E-state index >= 15 is 0 Å². The van der Waals surface area contributed by atoms with Gasteiger partial charge in [-0.1, -0.05) is 24.8 Å². The van der Waals surface area contributed by atoms with Crippen molar-refractivity contribution < 1.29 is 9.47 Å². The first-order chi connectivity index (χ1) is 7.77. The Morgan fingerprint density at radius 1 is 1.31 bits per heavy atom. The molecule has 0 saturated carbocycles. The Balaban J connectivity index is 2.40. The molecule has 0 atom stereocenters. The number of ether oxygens (including phenoxy) is 2. The molecule has 1 aliphatic rings. The molecule has 0 aromatic heterocycles. The van der Waals surface area contributed by atoms with Crippen molar-refractivity contribution in [2.45, 2.75) is 12.3 Å². The zero-order chi connectivity index (χ0) is 11.6. The fraction of sp³-hybridized carbons (Fsp3) is 0.385. The lowest BCUT2D eigenvalue weighted by Crippen LogP contribution is -2.49. The number of hydrogen-bond acceptors (Lipinski definition) is 3. The van der Waals surface area contributed by atoms with Crippen LogP contribution in [0.25, 0.3) is 0 Å². The number of fused-ring (bicyclic) bond motifs is 1. The summed E-state index contributed by atoms with van der Waals surface area (Å²) in [7, 11) is 3.26. The lowest BCUT2D eigenvalue weighted by molar-refractivity contribution is -0.168. The molecule has 1 aromatic rings. The topological polar surface area (TPSA) is 21.7 Å². The van der Waals surface area contributed by atoms with Gasteiger partial charge in [-0.25, -0.2) is 0 Å². The van der Waals surface area contributed by atoms with Gasteiger partial charge in [0.05, 0.1) is 0 Å². The highest BCUT2D eigenvalue weighted by Gasteiger charge is 2.37. The second-order valence-corrected chi connectivity index (χ2v) is 3.77. The van der Waals surface area contributed by atoms with Crippen LogP contribution in [-0.2, 0) is 15.9 Å². The number of rotatable bonds is 4. The minimum absolute atomic E-state index is 0.855. The average molecular weight is 219 g/mol. The molecule has 0 N–H and O–H groups in total. The summed E-state index contributed by atoms with van der Waals surface area (Å²) in [5.74, 6) is -0.855. The van der Waals surface area contributed by atoms with Crippen LogP contribution in [0.1, 0.15) is 5.56 Å². The minimum atomic E-state index is -0.855. The Labute approximate surface area is 96.3 Å². The molecule has 0 fully saturated rings. The first-order valence-corrected chi connectivity index (χ1v) is 5.37. The van der Waals surface area contributed by atoms with E-state index in [9.17, 15) is 0 Å². The standard InChI is InChI=1S/C13H17NO2/c1-4-13(15-2,16-3)14-10-9-11-7-5-6-8-12(11)14/h4-8H,1,9-10H2,2-3H3. The van der Waals surface area contributed by atoms with Crippen LogP contribution in [0.3, 0.4) is 0 Å². The fourth-order valence-electron chi connectivity index (χ4n) is 2.24. The molecule has 3 nitrogen and oxygen atoms in total. The maximum atomic E-state index is 5.46. The average Bonchev–Trinajstić information content (AvgIpc) is 2.77. The maximum Gasteiger partial charge on any atom is 0.272 e. The van der Waals surface area contributed by atoms with E-state index in [-0.39, 0.29) is 0 Å². The van der Waals surface area contributed by atoms with E-state index in [0.29, 0.717) is 0 Å². The van der Waals surface area contributed by atoms with Gasteiger partial charge in [0.2, 0.25) is 0 Å². The molecule has 86 valence electrons. The predicted octanol–water partition coefficient (Wildman–Crippen LogP) is 2.18. The molecule has 0 saturated heterocycles. The second-order valence-electron chi connectivity index (χ2n) is 3.77. The van der Waals surface area contributed by atoms with E-state index in [0.717, 1.165) is 18.7 Å². The first kappa shape index (κ1) is 11.2. The zero-order valence-electron chi connectivity index (χ0n) is 9.77. The Morgan fingerprint density at radius 2 is 2.00 bits per heavy atom. The largest absolute Gasteiger partial charge is 0.333 e. The van der Waals surface area contributed by atoms with Crippen LogP contribution in [0.2, 0.25) is 0 Å². The molecule has 0 amide bonds. The molecule has 1 aromatic carbocycles. The van der Waals surface area contributed by atoms with Gasteiger partial charge in [0.15, 0.2) is 0 Å². The molecule has 2 rings (SSSR count).